The minimum atomic E-state index is -1.01. The van der Waals surface area contributed by atoms with Crippen LogP contribution in [0.4, 0.5) is 4.39 Å². The summed E-state index contributed by atoms with van der Waals surface area (Å²) >= 11 is 5.73. The summed E-state index contributed by atoms with van der Waals surface area (Å²) in [5.74, 6) is -0.110. The lowest BCUT2D eigenvalue weighted by atomic mass is 10.1. The van der Waals surface area contributed by atoms with E-state index in [0.717, 1.165) is 0 Å². The molecule has 13 heavy (non-hydrogen) atoms. The Labute approximate surface area is 80.3 Å². The highest BCUT2D eigenvalue weighted by atomic mass is 35.5. The fourth-order valence-electron chi connectivity index (χ4n) is 0.917. The first-order valence-corrected chi connectivity index (χ1v) is 3.99. The molecule has 4 heteroatoms. The van der Waals surface area contributed by atoms with Crippen LogP contribution in [0.2, 0.25) is 5.02 Å². The molecule has 0 amide bonds. The molecule has 1 rings (SSSR count). The summed E-state index contributed by atoms with van der Waals surface area (Å²) in [5.41, 5.74) is 0.258. The van der Waals surface area contributed by atoms with Crippen molar-refractivity contribution in [2.24, 2.45) is 0 Å². The van der Waals surface area contributed by atoms with E-state index < -0.39 is 12.5 Å². The van der Waals surface area contributed by atoms with Crippen molar-refractivity contribution in [3.8, 4) is 5.75 Å². The van der Waals surface area contributed by atoms with Gasteiger partial charge in [0.05, 0.1) is 12.1 Å². The van der Waals surface area contributed by atoms with Gasteiger partial charge in [-0.3, -0.25) is 4.79 Å². The van der Waals surface area contributed by atoms with Crippen LogP contribution in [-0.2, 0) is 0 Å². The monoisotopic (exact) mass is 202 g/mol. The SMILES string of the molecule is COc1ccc(C(=O)CF)cc1Cl. The Morgan fingerprint density at radius 1 is 1.62 bits per heavy atom. The number of rotatable bonds is 3. The summed E-state index contributed by atoms with van der Waals surface area (Å²) < 4.78 is 16.8. The minimum absolute atomic E-state index is 0.258. The van der Waals surface area contributed by atoms with Gasteiger partial charge in [-0.1, -0.05) is 11.6 Å². The summed E-state index contributed by atoms with van der Waals surface area (Å²) in [5, 5.41) is 0.307. The fourth-order valence-corrected chi connectivity index (χ4v) is 1.17. The van der Waals surface area contributed by atoms with Gasteiger partial charge in [-0.15, -0.1) is 0 Å². The number of hydrogen-bond acceptors (Lipinski definition) is 2. The number of carbonyl (C=O) groups is 1. The summed E-state index contributed by atoms with van der Waals surface area (Å²) in [6.45, 7) is -1.01. The van der Waals surface area contributed by atoms with Crippen LogP contribution in [0.25, 0.3) is 0 Å². The highest BCUT2D eigenvalue weighted by molar-refractivity contribution is 6.32. The van der Waals surface area contributed by atoms with Gasteiger partial charge < -0.3 is 4.74 Å². The Hall–Kier alpha value is -1.09. The predicted molar refractivity (Wildman–Crippen MR) is 48.3 cm³/mol. The van der Waals surface area contributed by atoms with Crippen molar-refractivity contribution in [2.45, 2.75) is 0 Å². The zero-order valence-electron chi connectivity index (χ0n) is 7.01. The number of benzene rings is 1. The van der Waals surface area contributed by atoms with Crippen molar-refractivity contribution in [1.29, 1.82) is 0 Å². The largest absolute Gasteiger partial charge is 0.495 e. The van der Waals surface area contributed by atoms with Gasteiger partial charge in [0.25, 0.3) is 0 Å². The molecule has 0 radical (unpaired) electrons. The molecule has 0 heterocycles. The molecule has 0 aliphatic heterocycles. The number of Topliss-reactive ketones (excluding diaryl/α,β-unsaturated/α-hetero) is 1. The molecule has 1 aromatic rings. The van der Waals surface area contributed by atoms with Gasteiger partial charge in [0.15, 0.2) is 12.5 Å². The second-order valence-electron chi connectivity index (χ2n) is 2.41. The van der Waals surface area contributed by atoms with E-state index >= 15 is 0 Å². The Balaban J connectivity index is 3.02. The molecule has 0 atom stereocenters. The number of halogens is 2. The highest BCUT2D eigenvalue weighted by Crippen LogP contribution is 2.24. The molecule has 70 valence electrons. The third kappa shape index (κ3) is 2.18. The Morgan fingerprint density at radius 2 is 2.31 bits per heavy atom. The van der Waals surface area contributed by atoms with Gasteiger partial charge in [0, 0.05) is 5.56 Å². The van der Waals surface area contributed by atoms with Crippen LogP contribution in [0.15, 0.2) is 18.2 Å². The second kappa shape index (κ2) is 4.23. The molecule has 0 aromatic heterocycles. The lowest BCUT2D eigenvalue weighted by molar-refractivity contribution is 0.0958. The molecular weight excluding hydrogens is 195 g/mol. The number of hydrogen-bond donors (Lipinski definition) is 0. The van der Waals surface area contributed by atoms with Gasteiger partial charge >= 0.3 is 0 Å². The van der Waals surface area contributed by atoms with E-state index in [1.807, 2.05) is 0 Å². The van der Waals surface area contributed by atoms with Crippen molar-refractivity contribution in [2.75, 3.05) is 13.8 Å². The molecule has 2 nitrogen and oxygen atoms in total. The van der Waals surface area contributed by atoms with Crippen molar-refractivity contribution < 1.29 is 13.9 Å². The Kier molecular flexibility index (Phi) is 3.25. The molecular formula is C9H8ClFO2. The average Bonchev–Trinajstić information content (AvgIpc) is 2.16. The smallest absolute Gasteiger partial charge is 0.193 e. The van der Waals surface area contributed by atoms with Crippen molar-refractivity contribution in [3.63, 3.8) is 0 Å². The first-order chi connectivity index (χ1) is 6.19. The Morgan fingerprint density at radius 3 is 2.77 bits per heavy atom. The lowest BCUT2D eigenvalue weighted by Gasteiger charge is -2.03. The molecule has 0 fully saturated rings. The Bertz CT molecular complexity index is 325. The molecule has 0 saturated heterocycles. The van der Waals surface area contributed by atoms with Crippen molar-refractivity contribution >= 4 is 17.4 Å². The van der Waals surface area contributed by atoms with Crippen LogP contribution in [-0.4, -0.2) is 19.6 Å². The van der Waals surface area contributed by atoms with Gasteiger partial charge in [0.1, 0.15) is 5.75 Å². The van der Waals surface area contributed by atoms with Crippen LogP contribution >= 0.6 is 11.6 Å². The molecule has 0 bridgehead atoms. The standard InChI is InChI=1S/C9H8ClFO2/c1-13-9-3-2-6(4-7(9)10)8(12)5-11/h2-4H,5H2,1H3. The lowest BCUT2D eigenvalue weighted by Crippen LogP contribution is -2.00. The average molecular weight is 203 g/mol. The number of ether oxygens (including phenoxy) is 1. The number of methoxy groups -OCH3 is 1. The maximum atomic E-state index is 12.0. The van der Waals surface area contributed by atoms with Crippen LogP contribution in [0.1, 0.15) is 10.4 Å². The zero-order chi connectivity index (χ0) is 9.84. The maximum absolute atomic E-state index is 12.0. The second-order valence-corrected chi connectivity index (χ2v) is 2.81. The van der Waals surface area contributed by atoms with E-state index in [9.17, 15) is 9.18 Å². The quantitative estimate of drug-likeness (QED) is 0.704. The number of carbonyl (C=O) groups excluding carboxylic acids is 1. The maximum Gasteiger partial charge on any atom is 0.193 e. The van der Waals surface area contributed by atoms with E-state index in [2.05, 4.69) is 0 Å². The minimum Gasteiger partial charge on any atom is -0.495 e. The first kappa shape index (κ1) is 9.99. The summed E-state index contributed by atoms with van der Waals surface area (Å²) in [7, 11) is 1.47. The van der Waals surface area contributed by atoms with Crippen LogP contribution < -0.4 is 4.74 Å². The van der Waals surface area contributed by atoms with Gasteiger partial charge in [-0.05, 0) is 18.2 Å². The topological polar surface area (TPSA) is 26.3 Å². The fraction of sp³-hybridized carbons (Fsp3) is 0.222. The van der Waals surface area contributed by atoms with Crippen molar-refractivity contribution in [3.05, 3.63) is 28.8 Å². The molecule has 1 aromatic carbocycles. The molecule has 0 aliphatic carbocycles. The van der Waals surface area contributed by atoms with Gasteiger partial charge in [-0.2, -0.15) is 0 Å². The highest BCUT2D eigenvalue weighted by Gasteiger charge is 2.07. The normalized spacial score (nSPS) is 9.77. The van der Waals surface area contributed by atoms with Gasteiger partial charge in [0.2, 0.25) is 0 Å². The van der Waals surface area contributed by atoms with Crippen LogP contribution in [0, 0.1) is 0 Å². The summed E-state index contributed by atoms with van der Waals surface area (Å²) in [6, 6.07) is 4.40. The molecule has 0 unspecified atom stereocenters. The molecule has 0 saturated carbocycles. The zero-order valence-corrected chi connectivity index (χ0v) is 7.77. The predicted octanol–water partition coefficient (Wildman–Crippen LogP) is 2.50. The first-order valence-electron chi connectivity index (χ1n) is 3.61. The van der Waals surface area contributed by atoms with E-state index in [1.165, 1.54) is 25.3 Å². The number of alkyl halides is 1. The summed E-state index contributed by atoms with van der Waals surface area (Å²) in [6.07, 6.45) is 0. The van der Waals surface area contributed by atoms with E-state index in [-0.39, 0.29) is 5.56 Å². The van der Waals surface area contributed by atoms with E-state index in [4.69, 9.17) is 16.3 Å². The van der Waals surface area contributed by atoms with Crippen LogP contribution in [0.5, 0.6) is 5.75 Å². The van der Waals surface area contributed by atoms with E-state index in [0.29, 0.717) is 10.8 Å². The molecule has 0 aliphatic rings. The van der Waals surface area contributed by atoms with Gasteiger partial charge in [-0.25, -0.2) is 4.39 Å². The van der Waals surface area contributed by atoms with Crippen LogP contribution in [0.3, 0.4) is 0 Å². The summed E-state index contributed by atoms with van der Waals surface area (Å²) in [4.78, 5) is 10.9. The number of ketones is 1. The molecule has 0 spiro atoms. The van der Waals surface area contributed by atoms with E-state index in [1.54, 1.807) is 0 Å². The van der Waals surface area contributed by atoms with Crippen molar-refractivity contribution in [1.82, 2.24) is 0 Å². The molecule has 0 N–H and O–H groups in total. The third-order valence-electron chi connectivity index (χ3n) is 1.60. The third-order valence-corrected chi connectivity index (χ3v) is 1.89.